The van der Waals surface area contributed by atoms with Crippen molar-refractivity contribution < 1.29 is 8.42 Å². The first-order valence-corrected chi connectivity index (χ1v) is 10.5. The van der Waals surface area contributed by atoms with E-state index < -0.39 is 9.84 Å². The molecule has 1 aromatic rings. The van der Waals surface area contributed by atoms with Gasteiger partial charge in [0.1, 0.15) is 0 Å². The molecule has 142 valence electrons. The van der Waals surface area contributed by atoms with E-state index in [0.717, 1.165) is 19.5 Å². The molecule has 1 fully saturated rings. The Balaban J connectivity index is 0.00000312. The minimum Gasteiger partial charge on any atom is -0.357 e. The van der Waals surface area contributed by atoms with E-state index in [-0.39, 0.29) is 29.7 Å². The van der Waals surface area contributed by atoms with Gasteiger partial charge in [0, 0.05) is 19.6 Å². The summed E-state index contributed by atoms with van der Waals surface area (Å²) in [7, 11) is -3.26. The lowest BCUT2D eigenvalue weighted by atomic mass is 9.67. The van der Waals surface area contributed by atoms with Crippen molar-refractivity contribution in [3.63, 3.8) is 0 Å². The summed E-state index contributed by atoms with van der Waals surface area (Å²) in [5, 5.41) is 6.35. The van der Waals surface area contributed by atoms with E-state index in [4.69, 9.17) is 0 Å². The standard InChI is InChI=1S/C18H29N3O2S.HI/c1-3-18(11-8-12-18)15-21-17(19-4-2)20-13-14-24(22,23)16-9-6-5-7-10-16;/h5-7,9-10H,3-4,8,11-15H2,1-2H3,(H2,19,20,21);1H. The normalized spacial score (nSPS) is 16.5. The maximum absolute atomic E-state index is 12.3. The Hall–Kier alpha value is -0.830. The van der Waals surface area contributed by atoms with Crippen molar-refractivity contribution in [2.45, 2.75) is 44.4 Å². The lowest BCUT2D eigenvalue weighted by molar-refractivity contribution is 0.139. The van der Waals surface area contributed by atoms with Gasteiger partial charge in [-0.25, -0.2) is 8.42 Å². The second-order valence-electron chi connectivity index (χ2n) is 6.46. The molecule has 1 aromatic carbocycles. The third-order valence-electron chi connectivity index (χ3n) is 4.85. The van der Waals surface area contributed by atoms with Crippen molar-refractivity contribution in [1.82, 2.24) is 10.6 Å². The fourth-order valence-electron chi connectivity index (χ4n) is 2.94. The van der Waals surface area contributed by atoms with Crippen molar-refractivity contribution in [2.75, 3.05) is 25.4 Å². The molecule has 5 nitrogen and oxygen atoms in total. The lowest BCUT2D eigenvalue weighted by Crippen LogP contribution is -2.41. The van der Waals surface area contributed by atoms with Crippen LogP contribution in [0.2, 0.25) is 0 Å². The van der Waals surface area contributed by atoms with Gasteiger partial charge in [-0.2, -0.15) is 0 Å². The summed E-state index contributed by atoms with van der Waals surface area (Å²) in [5.41, 5.74) is 0.360. The molecule has 0 heterocycles. The fourth-order valence-corrected chi connectivity index (χ4v) is 4.12. The van der Waals surface area contributed by atoms with E-state index in [0.29, 0.717) is 22.8 Å². The third kappa shape index (κ3) is 6.44. The predicted octanol–water partition coefficient (Wildman–Crippen LogP) is 3.21. The summed E-state index contributed by atoms with van der Waals surface area (Å²) < 4.78 is 24.6. The Morgan fingerprint density at radius 2 is 1.84 bits per heavy atom. The van der Waals surface area contributed by atoms with Crippen LogP contribution >= 0.6 is 24.0 Å². The molecule has 0 saturated heterocycles. The van der Waals surface area contributed by atoms with Gasteiger partial charge in [-0.15, -0.1) is 24.0 Å². The zero-order chi connectivity index (χ0) is 17.5. The molecular weight excluding hydrogens is 449 g/mol. The average molecular weight is 479 g/mol. The summed E-state index contributed by atoms with van der Waals surface area (Å²) in [6.45, 7) is 6.15. The highest BCUT2D eigenvalue weighted by Crippen LogP contribution is 2.43. The second-order valence-corrected chi connectivity index (χ2v) is 8.57. The summed E-state index contributed by atoms with van der Waals surface area (Å²) in [6.07, 6.45) is 4.94. The molecule has 2 N–H and O–H groups in total. The van der Waals surface area contributed by atoms with E-state index >= 15 is 0 Å². The van der Waals surface area contributed by atoms with Crippen molar-refractivity contribution >= 4 is 39.8 Å². The summed E-state index contributed by atoms with van der Waals surface area (Å²) >= 11 is 0. The van der Waals surface area contributed by atoms with E-state index in [2.05, 4.69) is 22.5 Å². The van der Waals surface area contributed by atoms with Gasteiger partial charge in [-0.1, -0.05) is 31.5 Å². The zero-order valence-electron chi connectivity index (χ0n) is 15.1. The van der Waals surface area contributed by atoms with Gasteiger partial charge in [0.15, 0.2) is 15.8 Å². The molecule has 7 heteroatoms. The van der Waals surface area contributed by atoms with Crippen molar-refractivity contribution in [1.29, 1.82) is 0 Å². The van der Waals surface area contributed by atoms with Crippen LogP contribution in [0.1, 0.15) is 39.5 Å². The molecule has 1 saturated carbocycles. The van der Waals surface area contributed by atoms with E-state index in [9.17, 15) is 8.42 Å². The Kier molecular flexibility index (Phi) is 9.20. The molecule has 0 radical (unpaired) electrons. The maximum Gasteiger partial charge on any atom is 0.191 e. The number of nitrogens with one attached hydrogen (secondary N) is 2. The number of halogens is 1. The smallest absolute Gasteiger partial charge is 0.191 e. The van der Waals surface area contributed by atoms with Crippen LogP contribution in [0.4, 0.5) is 0 Å². The molecule has 1 aliphatic rings. The minimum atomic E-state index is -3.26. The van der Waals surface area contributed by atoms with Crippen molar-refractivity contribution in [3.8, 4) is 0 Å². The van der Waals surface area contributed by atoms with Crippen LogP contribution in [-0.2, 0) is 9.84 Å². The summed E-state index contributed by atoms with van der Waals surface area (Å²) in [4.78, 5) is 5.04. The van der Waals surface area contributed by atoms with Crippen molar-refractivity contribution in [3.05, 3.63) is 30.3 Å². The summed E-state index contributed by atoms with van der Waals surface area (Å²) in [5.74, 6) is 0.765. The molecule has 0 bridgehead atoms. The average Bonchev–Trinajstić information content (AvgIpc) is 2.55. The molecule has 0 aliphatic heterocycles. The van der Waals surface area contributed by atoms with Gasteiger partial charge in [-0.05, 0) is 43.7 Å². The van der Waals surface area contributed by atoms with E-state index in [1.807, 2.05) is 13.0 Å². The number of nitrogens with zero attached hydrogens (tertiary/aromatic N) is 1. The first-order valence-electron chi connectivity index (χ1n) is 8.81. The van der Waals surface area contributed by atoms with E-state index in [1.54, 1.807) is 24.3 Å². The third-order valence-corrected chi connectivity index (χ3v) is 6.58. The topological polar surface area (TPSA) is 70.6 Å². The number of sulfone groups is 1. The van der Waals surface area contributed by atoms with E-state index in [1.165, 1.54) is 19.3 Å². The first-order chi connectivity index (χ1) is 11.5. The minimum absolute atomic E-state index is 0. The zero-order valence-corrected chi connectivity index (χ0v) is 18.3. The number of hydrogen-bond acceptors (Lipinski definition) is 3. The van der Waals surface area contributed by atoms with Gasteiger partial charge in [-0.3, -0.25) is 4.99 Å². The number of guanidine groups is 1. The molecule has 0 atom stereocenters. The van der Waals surface area contributed by atoms with Crippen LogP contribution in [0.3, 0.4) is 0 Å². The second kappa shape index (κ2) is 10.4. The number of rotatable bonds is 8. The van der Waals surface area contributed by atoms with Gasteiger partial charge >= 0.3 is 0 Å². The highest BCUT2D eigenvalue weighted by Gasteiger charge is 2.34. The number of benzene rings is 1. The van der Waals surface area contributed by atoms with Crippen LogP contribution < -0.4 is 10.6 Å². The predicted molar refractivity (Wildman–Crippen MR) is 114 cm³/mol. The van der Waals surface area contributed by atoms with Gasteiger partial charge in [0.2, 0.25) is 0 Å². The Morgan fingerprint density at radius 1 is 1.16 bits per heavy atom. The summed E-state index contributed by atoms with van der Waals surface area (Å²) in [6, 6.07) is 8.58. The first kappa shape index (κ1) is 22.2. The van der Waals surface area contributed by atoms with Crippen molar-refractivity contribution in [2.24, 2.45) is 10.4 Å². The number of aliphatic imine (C=N–C) groups is 1. The molecule has 0 unspecified atom stereocenters. The lowest BCUT2D eigenvalue weighted by Gasteiger charge is -2.40. The van der Waals surface area contributed by atoms with Crippen LogP contribution in [0.15, 0.2) is 40.2 Å². The Bertz CT molecular complexity index is 638. The van der Waals surface area contributed by atoms with Crippen LogP contribution in [0.25, 0.3) is 0 Å². The van der Waals surface area contributed by atoms with Gasteiger partial charge in [0.25, 0.3) is 0 Å². The molecule has 25 heavy (non-hydrogen) atoms. The highest BCUT2D eigenvalue weighted by molar-refractivity contribution is 14.0. The Labute approximate surface area is 169 Å². The molecule has 0 amide bonds. The Morgan fingerprint density at radius 3 is 2.36 bits per heavy atom. The molecule has 0 spiro atoms. The largest absolute Gasteiger partial charge is 0.357 e. The SMILES string of the molecule is CCNC(=NCC1(CC)CCC1)NCCS(=O)(=O)c1ccccc1.I. The van der Waals surface area contributed by atoms with Crippen LogP contribution in [0.5, 0.6) is 0 Å². The van der Waals surface area contributed by atoms with Crippen LogP contribution in [-0.4, -0.2) is 39.8 Å². The monoisotopic (exact) mass is 479 g/mol. The highest BCUT2D eigenvalue weighted by atomic mass is 127. The quantitative estimate of drug-likeness (QED) is 0.341. The van der Waals surface area contributed by atoms with Gasteiger partial charge in [0.05, 0.1) is 10.6 Å². The number of hydrogen-bond donors (Lipinski definition) is 2. The maximum atomic E-state index is 12.3. The fraction of sp³-hybridized carbons (Fsp3) is 0.611. The van der Waals surface area contributed by atoms with Crippen LogP contribution in [0, 0.1) is 5.41 Å². The molecule has 0 aromatic heterocycles. The van der Waals surface area contributed by atoms with Gasteiger partial charge < -0.3 is 10.6 Å². The molecule has 1 aliphatic carbocycles. The molecular formula is C18H30IN3O2S. The molecule has 2 rings (SSSR count).